The predicted molar refractivity (Wildman–Crippen MR) is 69.3 cm³/mol. The van der Waals surface area contributed by atoms with E-state index >= 15 is 0 Å². The Bertz CT molecular complexity index is 498. The maximum absolute atomic E-state index is 5.91. The van der Waals surface area contributed by atoms with Crippen molar-refractivity contribution in [3.63, 3.8) is 0 Å². The minimum Gasteiger partial charge on any atom is -0.316 e. The minimum absolute atomic E-state index is 0.545. The number of H-pyrrole nitrogens is 1. The molecule has 0 aliphatic carbocycles. The maximum atomic E-state index is 5.91. The number of aromatic amines is 1. The number of rotatable bonds is 2. The molecule has 1 aliphatic rings. The molecular formula is C13H14ClN3. The second kappa shape index (κ2) is 4.51. The van der Waals surface area contributed by atoms with Crippen LogP contribution in [0.1, 0.15) is 18.0 Å². The van der Waals surface area contributed by atoms with E-state index < -0.39 is 0 Å². The molecular weight excluding hydrogens is 234 g/mol. The van der Waals surface area contributed by atoms with E-state index in [1.54, 1.807) is 0 Å². The van der Waals surface area contributed by atoms with Crippen LogP contribution in [0.25, 0.3) is 11.1 Å². The van der Waals surface area contributed by atoms with Crippen LogP contribution in [0.15, 0.2) is 30.5 Å². The molecule has 1 aromatic carbocycles. The third-order valence-electron chi connectivity index (χ3n) is 3.29. The fourth-order valence-corrected chi connectivity index (χ4v) is 2.49. The highest BCUT2D eigenvalue weighted by molar-refractivity contribution is 6.30. The van der Waals surface area contributed by atoms with Crippen LogP contribution >= 0.6 is 11.6 Å². The van der Waals surface area contributed by atoms with Crippen LogP contribution in [-0.2, 0) is 0 Å². The number of aromatic nitrogens is 2. The molecule has 4 heteroatoms. The summed E-state index contributed by atoms with van der Waals surface area (Å²) in [7, 11) is 0. The molecule has 3 rings (SSSR count). The van der Waals surface area contributed by atoms with Crippen LogP contribution in [0, 0.1) is 0 Å². The van der Waals surface area contributed by atoms with Gasteiger partial charge in [0.25, 0.3) is 0 Å². The zero-order chi connectivity index (χ0) is 11.7. The van der Waals surface area contributed by atoms with Crippen molar-refractivity contribution in [1.82, 2.24) is 15.5 Å². The van der Waals surface area contributed by atoms with Crippen molar-refractivity contribution in [2.75, 3.05) is 13.1 Å². The van der Waals surface area contributed by atoms with E-state index in [-0.39, 0.29) is 0 Å². The van der Waals surface area contributed by atoms with E-state index in [0.717, 1.165) is 18.1 Å². The lowest BCUT2D eigenvalue weighted by Crippen LogP contribution is -2.08. The normalized spacial score (nSPS) is 19.7. The van der Waals surface area contributed by atoms with E-state index in [2.05, 4.69) is 15.5 Å². The topological polar surface area (TPSA) is 40.7 Å². The third-order valence-corrected chi connectivity index (χ3v) is 3.54. The minimum atomic E-state index is 0.545. The van der Waals surface area contributed by atoms with Gasteiger partial charge in [-0.3, -0.25) is 5.10 Å². The average Bonchev–Trinajstić information content (AvgIpc) is 3.00. The maximum Gasteiger partial charge on any atom is 0.0568 e. The molecule has 2 aromatic rings. The highest BCUT2D eigenvalue weighted by Crippen LogP contribution is 2.31. The van der Waals surface area contributed by atoms with Gasteiger partial charge in [0.15, 0.2) is 0 Å². The highest BCUT2D eigenvalue weighted by Gasteiger charge is 2.21. The number of halogens is 1. The average molecular weight is 248 g/mol. The van der Waals surface area contributed by atoms with Crippen molar-refractivity contribution in [1.29, 1.82) is 0 Å². The van der Waals surface area contributed by atoms with E-state index in [0.29, 0.717) is 5.92 Å². The van der Waals surface area contributed by atoms with Gasteiger partial charge in [-0.2, -0.15) is 5.10 Å². The van der Waals surface area contributed by atoms with Crippen LogP contribution in [0.4, 0.5) is 0 Å². The van der Waals surface area contributed by atoms with E-state index in [1.807, 2.05) is 30.5 Å². The summed E-state index contributed by atoms with van der Waals surface area (Å²) in [6.45, 7) is 2.12. The molecule has 0 radical (unpaired) electrons. The van der Waals surface area contributed by atoms with Crippen molar-refractivity contribution < 1.29 is 0 Å². The summed E-state index contributed by atoms with van der Waals surface area (Å²) < 4.78 is 0. The van der Waals surface area contributed by atoms with Gasteiger partial charge in [0, 0.05) is 28.7 Å². The fraction of sp³-hybridized carbons (Fsp3) is 0.308. The molecule has 1 unspecified atom stereocenters. The Morgan fingerprint density at radius 2 is 2.06 bits per heavy atom. The number of nitrogens with one attached hydrogen (secondary N) is 2. The summed E-state index contributed by atoms with van der Waals surface area (Å²) in [6.07, 6.45) is 3.07. The number of benzene rings is 1. The molecule has 2 heterocycles. The van der Waals surface area contributed by atoms with Crippen LogP contribution in [0.2, 0.25) is 5.02 Å². The first-order valence-electron chi connectivity index (χ1n) is 5.84. The zero-order valence-electron chi connectivity index (χ0n) is 9.41. The number of hydrogen-bond donors (Lipinski definition) is 2. The molecule has 1 aliphatic heterocycles. The summed E-state index contributed by atoms with van der Waals surface area (Å²) in [5, 5.41) is 11.5. The van der Waals surface area contributed by atoms with Crippen LogP contribution in [0.3, 0.4) is 0 Å². The molecule has 1 atom stereocenters. The zero-order valence-corrected chi connectivity index (χ0v) is 10.2. The summed E-state index contributed by atoms with van der Waals surface area (Å²) in [5.41, 5.74) is 3.60. The van der Waals surface area contributed by atoms with E-state index in [9.17, 15) is 0 Å². The molecule has 0 bridgehead atoms. The van der Waals surface area contributed by atoms with Crippen molar-refractivity contribution in [2.45, 2.75) is 12.3 Å². The first-order chi connectivity index (χ1) is 8.34. The first-order valence-corrected chi connectivity index (χ1v) is 6.22. The predicted octanol–water partition coefficient (Wildman–Crippen LogP) is 2.81. The SMILES string of the molecule is Clc1ccc(-c2cn[nH]c2C2CCNC2)cc1. The largest absolute Gasteiger partial charge is 0.316 e. The highest BCUT2D eigenvalue weighted by atomic mass is 35.5. The molecule has 1 aromatic heterocycles. The summed E-state index contributed by atoms with van der Waals surface area (Å²) in [4.78, 5) is 0. The van der Waals surface area contributed by atoms with Gasteiger partial charge >= 0.3 is 0 Å². The number of hydrogen-bond acceptors (Lipinski definition) is 2. The van der Waals surface area contributed by atoms with Crippen molar-refractivity contribution >= 4 is 11.6 Å². The summed E-state index contributed by atoms with van der Waals surface area (Å²) in [5.74, 6) is 0.545. The Kier molecular flexibility index (Phi) is 2.87. The van der Waals surface area contributed by atoms with E-state index in [1.165, 1.54) is 23.2 Å². The van der Waals surface area contributed by atoms with Gasteiger partial charge in [0.05, 0.1) is 6.20 Å². The monoisotopic (exact) mass is 247 g/mol. The van der Waals surface area contributed by atoms with Gasteiger partial charge < -0.3 is 5.32 Å². The Morgan fingerprint density at radius 3 is 2.76 bits per heavy atom. The van der Waals surface area contributed by atoms with Gasteiger partial charge in [-0.25, -0.2) is 0 Å². The lowest BCUT2D eigenvalue weighted by atomic mass is 9.97. The van der Waals surface area contributed by atoms with E-state index in [4.69, 9.17) is 11.6 Å². The van der Waals surface area contributed by atoms with Gasteiger partial charge in [-0.05, 0) is 30.7 Å². The standard InChI is InChI=1S/C13H14ClN3/c14-11-3-1-9(2-4-11)12-8-16-17-13(12)10-5-6-15-7-10/h1-4,8,10,15H,5-7H2,(H,16,17). The van der Waals surface area contributed by atoms with Crippen molar-refractivity contribution in [3.8, 4) is 11.1 Å². The Balaban J connectivity index is 1.97. The Hall–Kier alpha value is -1.32. The Labute approximate surface area is 105 Å². The second-order valence-electron chi connectivity index (χ2n) is 4.39. The van der Waals surface area contributed by atoms with Crippen LogP contribution < -0.4 is 5.32 Å². The van der Waals surface area contributed by atoms with Crippen molar-refractivity contribution in [2.24, 2.45) is 0 Å². The fourth-order valence-electron chi connectivity index (χ4n) is 2.37. The third kappa shape index (κ3) is 2.08. The lowest BCUT2D eigenvalue weighted by Gasteiger charge is -2.09. The van der Waals surface area contributed by atoms with Crippen molar-refractivity contribution in [3.05, 3.63) is 41.2 Å². The second-order valence-corrected chi connectivity index (χ2v) is 4.83. The molecule has 17 heavy (non-hydrogen) atoms. The molecule has 2 N–H and O–H groups in total. The summed E-state index contributed by atoms with van der Waals surface area (Å²) >= 11 is 5.91. The molecule has 0 amide bonds. The molecule has 1 fully saturated rings. The molecule has 0 spiro atoms. The first kappa shape index (κ1) is 10.8. The quantitative estimate of drug-likeness (QED) is 0.857. The lowest BCUT2D eigenvalue weighted by molar-refractivity contribution is 0.731. The Morgan fingerprint density at radius 1 is 1.24 bits per heavy atom. The van der Waals surface area contributed by atoms with Crippen LogP contribution in [-0.4, -0.2) is 23.3 Å². The smallest absolute Gasteiger partial charge is 0.0568 e. The van der Waals surface area contributed by atoms with Crippen LogP contribution in [0.5, 0.6) is 0 Å². The van der Waals surface area contributed by atoms with Gasteiger partial charge in [-0.1, -0.05) is 23.7 Å². The molecule has 88 valence electrons. The molecule has 3 nitrogen and oxygen atoms in total. The van der Waals surface area contributed by atoms with Gasteiger partial charge in [0.2, 0.25) is 0 Å². The van der Waals surface area contributed by atoms with Gasteiger partial charge in [0.1, 0.15) is 0 Å². The molecule has 0 saturated carbocycles. The molecule has 1 saturated heterocycles. The number of nitrogens with zero attached hydrogens (tertiary/aromatic N) is 1. The summed E-state index contributed by atoms with van der Waals surface area (Å²) in [6, 6.07) is 7.92. The van der Waals surface area contributed by atoms with Gasteiger partial charge in [-0.15, -0.1) is 0 Å².